The van der Waals surface area contributed by atoms with Gasteiger partial charge in [0.15, 0.2) is 0 Å². The van der Waals surface area contributed by atoms with E-state index in [1.807, 2.05) is 0 Å². The summed E-state index contributed by atoms with van der Waals surface area (Å²) in [7, 11) is 0. The molecule has 5 heteroatoms. The van der Waals surface area contributed by atoms with Crippen LogP contribution < -0.4 is 0 Å². The molecule has 2 rings (SSSR count). The zero-order valence-corrected chi connectivity index (χ0v) is 12.0. The van der Waals surface area contributed by atoms with Crippen LogP contribution in [0.5, 0.6) is 0 Å². The van der Waals surface area contributed by atoms with Gasteiger partial charge in [-0.3, -0.25) is 9.80 Å². The van der Waals surface area contributed by atoms with Crippen molar-refractivity contribution in [1.82, 2.24) is 9.80 Å². The minimum atomic E-state index is -1.21. The molecule has 0 radical (unpaired) electrons. The van der Waals surface area contributed by atoms with Gasteiger partial charge in [0.05, 0.1) is 5.56 Å². The van der Waals surface area contributed by atoms with E-state index in [9.17, 15) is 9.18 Å². The number of aromatic carboxylic acids is 1. The maximum Gasteiger partial charge on any atom is 0.338 e. The maximum absolute atomic E-state index is 14.1. The lowest BCUT2D eigenvalue weighted by Crippen LogP contribution is -2.48. The van der Waals surface area contributed by atoms with Crippen molar-refractivity contribution in [2.75, 3.05) is 26.2 Å². The van der Waals surface area contributed by atoms with Crippen LogP contribution in [-0.2, 0) is 6.54 Å². The smallest absolute Gasteiger partial charge is 0.338 e. The van der Waals surface area contributed by atoms with Crippen molar-refractivity contribution in [2.24, 2.45) is 0 Å². The van der Waals surface area contributed by atoms with Gasteiger partial charge in [0.25, 0.3) is 0 Å². The number of carboxylic acid groups (broad SMARTS) is 1. The van der Waals surface area contributed by atoms with Crippen molar-refractivity contribution < 1.29 is 14.3 Å². The van der Waals surface area contributed by atoms with Gasteiger partial charge in [-0.15, -0.1) is 0 Å². The number of piperazine rings is 1. The first kappa shape index (κ1) is 14.9. The summed E-state index contributed by atoms with van der Waals surface area (Å²) in [4.78, 5) is 15.5. The summed E-state index contributed by atoms with van der Waals surface area (Å²) in [5.41, 5.74) is 0.214. The number of carboxylic acids is 1. The van der Waals surface area contributed by atoms with E-state index in [1.54, 1.807) is 12.1 Å². The average molecular weight is 280 g/mol. The van der Waals surface area contributed by atoms with Crippen molar-refractivity contribution in [3.8, 4) is 0 Å². The van der Waals surface area contributed by atoms with Crippen molar-refractivity contribution in [3.63, 3.8) is 0 Å². The zero-order valence-electron chi connectivity index (χ0n) is 12.0. The minimum absolute atomic E-state index is 0.247. The predicted octanol–water partition coefficient (Wildman–Crippen LogP) is 2.05. The average Bonchev–Trinajstić information content (AvgIpc) is 2.41. The minimum Gasteiger partial charge on any atom is -0.478 e. The third-order valence-electron chi connectivity index (χ3n) is 3.84. The first-order valence-corrected chi connectivity index (χ1v) is 6.96. The molecule has 1 aliphatic rings. The second-order valence-corrected chi connectivity index (χ2v) is 5.49. The Morgan fingerprint density at radius 1 is 1.30 bits per heavy atom. The van der Waals surface area contributed by atoms with Crippen molar-refractivity contribution >= 4 is 5.97 Å². The standard InChI is InChI=1S/C15H21FN2O2/c1-11(2)18-8-6-17(7-9-18)10-12-4-3-5-13(14(12)16)15(19)20/h3-5,11H,6-10H2,1-2H3,(H,19,20). The molecule has 0 aliphatic carbocycles. The summed E-state index contributed by atoms with van der Waals surface area (Å²) in [5, 5.41) is 8.93. The molecule has 1 fully saturated rings. The quantitative estimate of drug-likeness (QED) is 0.916. The number of carbonyl (C=O) groups is 1. The molecule has 1 heterocycles. The molecule has 1 aliphatic heterocycles. The van der Waals surface area contributed by atoms with Crippen LogP contribution in [0.2, 0.25) is 0 Å². The predicted molar refractivity (Wildman–Crippen MR) is 75.3 cm³/mol. The molecule has 0 unspecified atom stereocenters. The summed E-state index contributed by atoms with van der Waals surface area (Å²) in [5.74, 6) is -1.82. The lowest BCUT2D eigenvalue weighted by molar-refractivity contribution is 0.0690. The van der Waals surface area contributed by atoms with Crippen molar-refractivity contribution in [3.05, 3.63) is 35.1 Å². The molecule has 1 saturated heterocycles. The van der Waals surface area contributed by atoms with Gasteiger partial charge in [0.2, 0.25) is 0 Å². The Hall–Kier alpha value is -1.46. The molecule has 0 atom stereocenters. The largest absolute Gasteiger partial charge is 0.478 e. The van der Waals surface area contributed by atoms with Gasteiger partial charge < -0.3 is 5.11 Å². The summed E-state index contributed by atoms with van der Waals surface area (Å²) in [6.45, 7) is 8.52. The summed E-state index contributed by atoms with van der Waals surface area (Å²) < 4.78 is 14.1. The van der Waals surface area contributed by atoms with Crippen molar-refractivity contribution in [2.45, 2.75) is 26.4 Å². The van der Waals surface area contributed by atoms with Gasteiger partial charge in [-0.2, -0.15) is 0 Å². The van der Waals surface area contributed by atoms with Crippen LogP contribution in [0.15, 0.2) is 18.2 Å². The fraction of sp³-hybridized carbons (Fsp3) is 0.533. The van der Waals surface area contributed by atoms with E-state index < -0.39 is 11.8 Å². The molecule has 0 bridgehead atoms. The van der Waals surface area contributed by atoms with E-state index in [2.05, 4.69) is 23.6 Å². The third-order valence-corrected chi connectivity index (χ3v) is 3.84. The molecule has 0 aromatic heterocycles. The number of halogens is 1. The zero-order chi connectivity index (χ0) is 14.7. The van der Waals surface area contributed by atoms with E-state index in [0.717, 1.165) is 26.2 Å². The van der Waals surface area contributed by atoms with Crippen LogP contribution in [0.4, 0.5) is 4.39 Å². The molecule has 110 valence electrons. The van der Waals surface area contributed by atoms with Crippen LogP contribution >= 0.6 is 0 Å². The highest BCUT2D eigenvalue weighted by atomic mass is 19.1. The Labute approximate surface area is 118 Å². The summed E-state index contributed by atoms with van der Waals surface area (Å²) >= 11 is 0. The molecule has 1 N–H and O–H groups in total. The Morgan fingerprint density at radius 3 is 2.50 bits per heavy atom. The normalized spacial score (nSPS) is 17.6. The lowest BCUT2D eigenvalue weighted by Gasteiger charge is -2.37. The molecule has 0 spiro atoms. The molecule has 20 heavy (non-hydrogen) atoms. The van der Waals surface area contributed by atoms with Gasteiger partial charge in [-0.05, 0) is 19.9 Å². The highest BCUT2D eigenvalue weighted by molar-refractivity contribution is 5.88. The first-order valence-electron chi connectivity index (χ1n) is 6.96. The molecular formula is C15H21FN2O2. The molecule has 4 nitrogen and oxygen atoms in total. The number of benzene rings is 1. The Kier molecular flexibility index (Phi) is 4.73. The topological polar surface area (TPSA) is 43.8 Å². The van der Waals surface area contributed by atoms with Crippen LogP contribution in [-0.4, -0.2) is 53.1 Å². The van der Waals surface area contributed by atoms with E-state index >= 15 is 0 Å². The highest BCUT2D eigenvalue weighted by Crippen LogP contribution is 2.16. The number of hydrogen-bond acceptors (Lipinski definition) is 3. The van der Waals surface area contributed by atoms with Gasteiger partial charge >= 0.3 is 5.97 Å². The van der Waals surface area contributed by atoms with Crippen molar-refractivity contribution in [1.29, 1.82) is 0 Å². The molecule has 0 saturated carbocycles. The molecular weight excluding hydrogens is 259 g/mol. The Balaban J connectivity index is 2.01. The number of rotatable bonds is 4. The van der Waals surface area contributed by atoms with E-state index in [1.165, 1.54) is 6.07 Å². The third kappa shape index (κ3) is 3.35. The van der Waals surface area contributed by atoms with Crippen LogP contribution in [0.3, 0.4) is 0 Å². The SMILES string of the molecule is CC(C)N1CCN(Cc2cccc(C(=O)O)c2F)CC1. The van der Waals surface area contributed by atoms with Gasteiger partial charge in [-0.25, -0.2) is 9.18 Å². The lowest BCUT2D eigenvalue weighted by atomic mass is 10.1. The first-order chi connectivity index (χ1) is 9.49. The summed E-state index contributed by atoms with van der Waals surface area (Å²) in [6.07, 6.45) is 0. The van der Waals surface area contributed by atoms with E-state index in [-0.39, 0.29) is 5.56 Å². The molecule has 0 amide bonds. The van der Waals surface area contributed by atoms with E-state index in [4.69, 9.17) is 5.11 Å². The number of nitrogens with zero attached hydrogens (tertiary/aromatic N) is 2. The summed E-state index contributed by atoms with van der Waals surface area (Å²) in [6, 6.07) is 5.10. The molecule has 1 aromatic carbocycles. The van der Waals surface area contributed by atoms with Gasteiger partial charge in [0, 0.05) is 44.3 Å². The fourth-order valence-electron chi connectivity index (χ4n) is 2.55. The van der Waals surface area contributed by atoms with Crippen LogP contribution in [0.1, 0.15) is 29.8 Å². The van der Waals surface area contributed by atoms with Crippen LogP contribution in [0.25, 0.3) is 0 Å². The fourth-order valence-corrected chi connectivity index (χ4v) is 2.55. The van der Waals surface area contributed by atoms with E-state index in [0.29, 0.717) is 18.2 Å². The Morgan fingerprint density at radius 2 is 1.95 bits per heavy atom. The number of hydrogen-bond donors (Lipinski definition) is 1. The monoisotopic (exact) mass is 280 g/mol. The molecule has 1 aromatic rings. The second-order valence-electron chi connectivity index (χ2n) is 5.49. The van der Waals surface area contributed by atoms with Gasteiger partial charge in [-0.1, -0.05) is 12.1 Å². The second kappa shape index (κ2) is 6.33. The maximum atomic E-state index is 14.1. The van der Waals surface area contributed by atoms with Gasteiger partial charge in [0.1, 0.15) is 5.82 Å². The van der Waals surface area contributed by atoms with Crippen LogP contribution in [0, 0.1) is 5.82 Å². The Bertz CT molecular complexity index is 483. The highest BCUT2D eigenvalue weighted by Gasteiger charge is 2.21.